The first-order valence-corrected chi connectivity index (χ1v) is 11.1. The molecule has 2 N–H and O–H groups in total. The molecule has 0 unspecified atom stereocenters. The summed E-state index contributed by atoms with van der Waals surface area (Å²) in [5, 5.41) is 5.35. The lowest BCUT2D eigenvalue weighted by Gasteiger charge is -2.22. The molecule has 0 aromatic heterocycles. The molecule has 0 aliphatic carbocycles. The largest absolute Gasteiger partial charge is 0.326 e. The summed E-state index contributed by atoms with van der Waals surface area (Å²) in [5.74, 6) is -0.665. The Kier molecular flexibility index (Phi) is 7.17. The average molecular weight is 438 g/mol. The van der Waals surface area contributed by atoms with Crippen LogP contribution in [0.15, 0.2) is 89.8 Å². The highest BCUT2D eigenvalue weighted by atomic mass is 32.2. The first-order chi connectivity index (χ1) is 14.8. The molecule has 0 spiro atoms. The van der Waals surface area contributed by atoms with Crippen LogP contribution in [-0.4, -0.2) is 31.1 Å². The van der Waals surface area contributed by atoms with Crippen molar-refractivity contribution in [3.63, 3.8) is 0 Å². The third-order valence-corrected chi connectivity index (χ3v) is 6.20. The Morgan fingerprint density at radius 2 is 1.29 bits per heavy atom. The number of nitrogens with zero attached hydrogens (tertiary/aromatic N) is 1. The molecule has 0 atom stereocenters. The molecule has 160 valence electrons. The van der Waals surface area contributed by atoms with Crippen LogP contribution in [0.2, 0.25) is 0 Å². The molecule has 0 heterocycles. The minimum Gasteiger partial charge on any atom is -0.326 e. The van der Waals surface area contributed by atoms with Crippen LogP contribution in [0.3, 0.4) is 0 Å². The van der Waals surface area contributed by atoms with Crippen LogP contribution in [0.5, 0.6) is 0 Å². The molecule has 3 aromatic carbocycles. The number of sulfonamides is 1. The SMILES string of the molecule is CC(=O)Nc1ccc(NC(=O)CN(Cc2ccccc2)S(=O)(=O)c2ccccc2)cc1. The van der Waals surface area contributed by atoms with Gasteiger partial charge in [0.2, 0.25) is 21.8 Å². The number of hydrogen-bond acceptors (Lipinski definition) is 4. The number of nitrogens with one attached hydrogen (secondary N) is 2. The van der Waals surface area contributed by atoms with Gasteiger partial charge in [-0.15, -0.1) is 0 Å². The predicted molar refractivity (Wildman–Crippen MR) is 120 cm³/mol. The van der Waals surface area contributed by atoms with Gasteiger partial charge in [-0.1, -0.05) is 48.5 Å². The van der Waals surface area contributed by atoms with E-state index in [0.717, 1.165) is 9.87 Å². The van der Waals surface area contributed by atoms with E-state index in [1.165, 1.54) is 19.1 Å². The lowest BCUT2D eigenvalue weighted by molar-refractivity contribution is -0.116. The van der Waals surface area contributed by atoms with Crippen molar-refractivity contribution in [1.29, 1.82) is 0 Å². The zero-order valence-corrected chi connectivity index (χ0v) is 17.8. The highest BCUT2D eigenvalue weighted by Gasteiger charge is 2.26. The zero-order chi connectivity index (χ0) is 22.3. The molecule has 0 fully saturated rings. The molecule has 0 aliphatic rings. The van der Waals surface area contributed by atoms with Crippen molar-refractivity contribution in [1.82, 2.24) is 4.31 Å². The minimum atomic E-state index is -3.88. The third-order valence-electron chi connectivity index (χ3n) is 4.39. The van der Waals surface area contributed by atoms with E-state index in [1.54, 1.807) is 42.5 Å². The molecular formula is C23H23N3O4S. The Balaban J connectivity index is 1.78. The zero-order valence-electron chi connectivity index (χ0n) is 17.0. The van der Waals surface area contributed by atoms with E-state index in [1.807, 2.05) is 30.3 Å². The quantitative estimate of drug-likeness (QED) is 0.564. The smallest absolute Gasteiger partial charge is 0.243 e. The van der Waals surface area contributed by atoms with Crippen molar-refractivity contribution in [2.75, 3.05) is 17.2 Å². The predicted octanol–water partition coefficient (Wildman–Crippen LogP) is 3.47. The highest BCUT2D eigenvalue weighted by molar-refractivity contribution is 7.89. The lowest BCUT2D eigenvalue weighted by Crippen LogP contribution is -2.37. The molecule has 0 saturated carbocycles. The Morgan fingerprint density at radius 1 is 0.774 bits per heavy atom. The van der Waals surface area contributed by atoms with Crippen LogP contribution in [0.4, 0.5) is 11.4 Å². The van der Waals surface area contributed by atoms with Gasteiger partial charge in [0, 0.05) is 24.8 Å². The average Bonchev–Trinajstić information content (AvgIpc) is 2.75. The van der Waals surface area contributed by atoms with Gasteiger partial charge in [-0.05, 0) is 42.0 Å². The van der Waals surface area contributed by atoms with Crippen LogP contribution >= 0.6 is 0 Å². The van der Waals surface area contributed by atoms with Crippen LogP contribution < -0.4 is 10.6 Å². The van der Waals surface area contributed by atoms with Gasteiger partial charge in [-0.3, -0.25) is 9.59 Å². The summed E-state index contributed by atoms with van der Waals surface area (Å²) in [4.78, 5) is 23.9. The summed E-state index contributed by atoms with van der Waals surface area (Å²) in [6.07, 6.45) is 0. The first-order valence-electron chi connectivity index (χ1n) is 9.61. The van der Waals surface area contributed by atoms with Crippen molar-refractivity contribution in [3.05, 3.63) is 90.5 Å². The number of anilines is 2. The number of amides is 2. The van der Waals surface area contributed by atoms with E-state index in [4.69, 9.17) is 0 Å². The van der Waals surface area contributed by atoms with E-state index >= 15 is 0 Å². The van der Waals surface area contributed by atoms with Crippen LogP contribution in [0.25, 0.3) is 0 Å². The molecular weight excluding hydrogens is 414 g/mol. The number of carbonyl (C=O) groups excluding carboxylic acids is 2. The first kappa shape index (κ1) is 22.2. The van der Waals surface area contributed by atoms with Crippen LogP contribution in [0, 0.1) is 0 Å². The molecule has 0 radical (unpaired) electrons. The van der Waals surface area contributed by atoms with E-state index < -0.39 is 15.9 Å². The van der Waals surface area contributed by atoms with Crippen molar-refractivity contribution < 1.29 is 18.0 Å². The highest BCUT2D eigenvalue weighted by Crippen LogP contribution is 2.19. The normalized spacial score (nSPS) is 11.2. The molecule has 3 rings (SSSR count). The summed E-state index contributed by atoms with van der Waals surface area (Å²) in [5.41, 5.74) is 1.87. The fourth-order valence-electron chi connectivity index (χ4n) is 2.96. The summed E-state index contributed by atoms with van der Waals surface area (Å²) in [6, 6.07) is 23.7. The van der Waals surface area contributed by atoms with Gasteiger partial charge < -0.3 is 10.6 Å². The van der Waals surface area contributed by atoms with Gasteiger partial charge >= 0.3 is 0 Å². The number of benzene rings is 3. The second-order valence-corrected chi connectivity index (χ2v) is 8.82. The maximum absolute atomic E-state index is 13.2. The Bertz CT molecular complexity index is 1130. The third kappa shape index (κ3) is 6.24. The second kappa shape index (κ2) is 10.0. The molecule has 31 heavy (non-hydrogen) atoms. The standard InChI is InChI=1S/C23H23N3O4S/c1-18(27)24-20-12-14-21(15-13-20)25-23(28)17-26(16-19-8-4-2-5-9-19)31(29,30)22-10-6-3-7-11-22/h2-15H,16-17H2,1H3,(H,24,27)(H,25,28). The maximum atomic E-state index is 13.2. The number of rotatable bonds is 8. The lowest BCUT2D eigenvalue weighted by atomic mass is 10.2. The monoisotopic (exact) mass is 437 g/mol. The number of carbonyl (C=O) groups is 2. The van der Waals surface area contributed by atoms with E-state index in [2.05, 4.69) is 10.6 Å². The van der Waals surface area contributed by atoms with Crippen molar-refractivity contribution in [2.45, 2.75) is 18.4 Å². The van der Waals surface area contributed by atoms with E-state index in [0.29, 0.717) is 11.4 Å². The molecule has 3 aromatic rings. The maximum Gasteiger partial charge on any atom is 0.243 e. The fraction of sp³-hybridized carbons (Fsp3) is 0.130. The van der Waals surface area contributed by atoms with Crippen LogP contribution in [0.1, 0.15) is 12.5 Å². The molecule has 0 bridgehead atoms. The summed E-state index contributed by atoms with van der Waals surface area (Å²) in [6.45, 7) is 1.12. The molecule has 8 heteroatoms. The van der Waals surface area contributed by atoms with Gasteiger partial charge in [0.05, 0.1) is 11.4 Å². The van der Waals surface area contributed by atoms with Crippen LogP contribution in [-0.2, 0) is 26.2 Å². The van der Waals surface area contributed by atoms with Gasteiger partial charge in [-0.25, -0.2) is 8.42 Å². The van der Waals surface area contributed by atoms with Crippen molar-refractivity contribution >= 4 is 33.2 Å². The number of hydrogen-bond donors (Lipinski definition) is 2. The minimum absolute atomic E-state index is 0.0625. The van der Waals surface area contributed by atoms with Gasteiger partial charge in [0.25, 0.3) is 0 Å². The Hall–Kier alpha value is -3.49. The van der Waals surface area contributed by atoms with Crippen molar-refractivity contribution in [2.24, 2.45) is 0 Å². The molecule has 7 nitrogen and oxygen atoms in total. The Morgan fingerprint density at radius 3 is 1.84 bits per heavy atom. The summed E-state index contributed by atoms with van der Waals surface area (Å²) >= 11 is 0. The molecule has 0 saturated heterocycles. The fourth-order valence-corrected chi connectivity index (χ4v) is 4.36. The summed E-state index contributed by atoms with van der Waals surface area (Å²) in [7, 11) is -3.88. The van der Waals surface area contributed by atoms with E-state index in [-0.39, 0.29) is 23.9 Å². The molecule has 0 aliphatic heterocycles. The summed E-state index contributed by atoms with van der Waals surface area (Å²) < 4.78 is 27.5. The second-order valence-electron chi connectivity index (χ2n) is 6.88. The topological polar surface area (TPSA) is 95.6 Å². The van der Waals surface area contributed by atoms with E-state index in [9.17, 15) is 18.0 Å². The molecule has 2 amide bonds. The van der Waals surface area contributed by atoms with Gasteiger partial charge in [-0.2, -0.15) is 4.31 Å². The van der Waals surface area contributed by atoms with Crippen molar-refractivity contribution in [3.8, 4) is 0 Å². The van der Waals surface area contributed by atoms with Gasteiger partial charge in [0.15, 0.2) is 0 Å². The Labute approximate surface area is 181 Å². The van der Waals surface area contributed by atoms with Gasteiger partial charge in [0.1, 0.15) is 0 Å².